The number of hydrogen-bond acceptors (Lipinski definition) is 2. The van der Waals surface area contributed by atoms with E-state index in [0.29, 0.717) is 12.2 Å². The molecule has 1 heterocycles. The Morgan fingerprint density at radius 2 is 1.71 bits per heavy atom. The fourth-order valence-electron chi connectivity index (χ4n) is 2.52. The summed E-state index contributed by atoms with van der Waals surface area (Å²) in [5, 5.41) is 0. The molecule has 2 N–H and O–H groups in total. The van der Waals surface area contributed by atoms with Gasteiger partial charge in [0.15, 0.2) is 17.5 Å². The van der Waals surface area contributed by atoms with Crippen molar-refractivity contribution in [3.05, 3.63) is 64.5 Å². The Morgan fingerprint density at radius 1 is 1.00 bits per heavy atom. The number of rotatable bonds is 2. The van der Waals surface area contributed by atoms with Gasteiger partial charge in [0.1, 0.15) is 5.75 Å². The molecular weight excluding hydrogens is 279 g/mol. The van der Waals surface area contributed by atoms with Crippen LogP contribution in [-0.2, 0) is 6.42 Å². The van der Waals surface area contributed by atoms with E-state index in [1.807, 2.05) is 6.07 Å². The summed E-state index contributed by atoms with van der Waals surface area (Å²) in [5.74, 6) is -3.14. The normalized spacial score (nSPS) is 15.2. The first kappa shape index (κ1) is 13.9. The number of aryl methyl sites for hydroxylation is 1. The zero-order valence-electron chi connectivity index (χ0n) is 11.2. The van der Waals surface area contributed by atoms with Crippen molar-refractivity contribution in [3.63, 3.8) is 0 Å². The molecule has 0 saturated carbocycles. The monoisotopic (exact) mass is 293 g/mol. The minimum Gasteiger partial charge on any atom is -0.493 e. The van der Waals surface area contributed by atoms with Crippen molar-refractivity contribution in [1.29, 1.82) is 0 Å². The van der Waals surface area contributed by atoms with Crippen molar-refractivity contribution in [2.24, 2.45) is 5.73 Å². The SMILES string of the molecule is NC(c1cc(F)c(F)c(F)c1)c1ccc2c(c1)CCCO2. The van der Waals surface area contributed by atoms with E-state index in [2.05, 4.69) is 0 Å². The molecule has 0 spiro atoms. The van der Waals surface area contributed by atoms with Crippen molar-refractivity contribution >= 4 is 0 Å². The topological polar surface area (TPSA) is 35.2 Å². The van der Waals surface area contributed by atoms with Crippen molar-refractivity contribution in [2.75, 3.05) is 6.61 Å². The molecule has 0 saturated heterocycles. The van der Waals surface area contributed by atoms with Crippen molar-refractivity contribution in [2.45, 2.75) is 18.9 Å². The smallest absolute Gasteiger partial charge is 0.194 e. The summed E-state index contributed by atoms with van der Waals surface area (Å²) in [4.78, 5) is 0. The molecular formula is C16H14F3NO. The van der Waals surface area contributed by atoms with E-state index in [4.69, 9.17) is 10.5 Å². The highest BCUT2D eigenvalue weighted by molar-refractivity contribution is 5.42. The molecule has 2 aromatic rings. The van der Waals surface area contributed by atoms with Gasteiger partial charge in [-0.25, -0.2) is 13.2 Å². The van der Waals surface area contributed by atoms with E-state index < -0.39 is 23.5 Å². The number of nitrogens with two attached hydrogens (primary N) is 1. The van der Waals surface area contributed by atoms with E-state index in [-0.39, 0.29) is 5.56 Å². The average Bonchev–Trinajstić information content (AvgIpc) is 2.51. The lowest BCUT2D eigenvalue weighted by molar-refractivity contribution is 0.288. The Labute approximate surface area is 120 Å². The zero-order chi connectivity index (χ0) is 15.0. The van der Waals surface area contributed by atoms with Crippen LogP contribution in [0, 0.1) is 17.5 Å². The first-order valence-electron chi connectivity index (χ1n) is 6.72. The number of ether oxygens (including phenoxy) is 1. The van der Waals surface area contributed by atoms with E-state index in [9.17, 15) is 13.2 Å². The fraction of sp³-hybridized carbons (Fsp3) is 0.250. The number of hydrogen-bond donors (Lipinski definition) is 1. The van der Waals surface area contributed by atoms with Gasteiger partial charge in [-0.3, -0.25) is 0 Å². The highest BCUT2D eigenvalue weighted by Crippen LogP contribution is 2.30. The molecule has 1 aliphatic rings. The number of benzene rings is 2. The number of halogens is 3. The predicted molar refractivity (Wildman–Crippen MR) is 72.6 cm³/mol. The Kier molecular flexibility index (Phi) is 3.59. The summed E-state index contributed by atoms with van der Waals surface area (Å²) in [6, 6.07) is 6.58. The first-order valence-corrected chi connectivity index (χ1v) is 6.72. The highest BCUT2D eigenvalue weighted by Gasteiger charge is 2.18. The maximum Gasteiger partial charge on any atom is 0.194 e. The Balaban J connectivity index is 1.96. The van der Waals surface area contributed by atoms with Crippen LogP contribution in [0.15, 0.2) is 30.3 Å². The summed E-state index contributed by atoms with van der Waals surface area (Å²) in [7, 11) is 0. The molecule has 1 unspecified atom stereocenters. The molecule has 2 nitrogen and oxygen atoms in total. The van der Waals surface area contributed by atoms with Crippen LogP contribution in [0.3, 0.4) is 0 Å². The number of fused-ring (bicyclic) bond motifs is 1. The van der Waals surface area contributed by atoms with Gasteiger partial charge in [-0.15, -0.1) is 0 Å². The lowest BCUT2D eigenvalue weighted by atomic mass is 9.95. The second kappa shape index (κ2) is 5.41. The third-order valence-corrected chi connectivity index (χ3v) is 3.66. The molecule has 2 aromatic carbocycles. The van der Waals surface area contributed by atoms with E-state index in [1.54, 1.807) is 12.1 Å². The fourth-order valence-corrected chi connectivity index (χ4v) is 2.52. The van der Waals surface area contributed by atoms with Crippen LogP contribution in [0.25, 0.3) is 0 Å². The van der Waals surface area contributed by atoms with E-state index in [0.717, 1.165) is 36.3 Å². The quantitative estimate of drug-likeness (QED) is 0.860. The Hall–Kier alpha value is -2.01. The van der Waals surface area contributed by atoms with Gasteiger partial charge in [0.2, 0.25) is 0 Å². The molecule has 0 fully saturated rings. The van der Waals surface area contributed by atoms with Gasteiger partial charge in [-0.05, 0) is 47.7 Å². The molecule has 1 atom stereocenters. The van der Waals surface area contributed by atoms with Crippen LogP contribution in [0.1, 0.15) is 29.2 Å². The van der Waals surface area contributed by atoms with Gasteiger partial charge < -0.3 is 10.5 Å². The van der Waals surface area contributed by atoms with Crippen LogP contribution in [0.2, 0.25) is 0 Å². The second-order valence-electron chi connectivity index (χ2n) is 5.10. The minimum atomic E-state index is -1.48. The molecule has 110 valence electrons. The molecule has 0 bridgehead atoms. The van der Waals surface area contributed by atoms with Gasteiger partial charge in [-0.1, -0.05) is 12.1 Å². The van der Waals surface area contributed by atoms with Crippen LogP contribution < -0.4 is 10.5 Å². The van der Waals surface area contributed by atoms with Crippen LogP contribution in [0.5, 0.6) is 5.75 Å². The maximum atomic E-state index is 13.3. The lowest BCUT2D eigenvalue weighted by Crippen LogP contribution is -2.15. The second-order valence-corrected chi connectivity index (χ2v) is 5.10. The van der Waals surface area contributed by atoms with Crippen molar-refractivity contribution < 1.29 is 17.9 Å². The lowest BCUT2D eigenvalue weighted by Gasteiger charge is -2.20. The van der Waals surface area contributed by atoms with Crippen molar-refractivity contribution in [1.82, 2.24) is 0 Å². The Bertz CT molecular complexity index is 664. The molecule has 0 aliphatic carbocycles. The summed E-state index contributed by atoms with van der Waals surface area (Å²) >= 11 is 0. The molecule has 5 heteroatoms. The minimum absolute atomic E-state index is 0.197. The summed E-state index contributed by atoms with van der Waals surface area (Å²) in [6.07, 6.45) is 1.80. The third kappa shape index (κ3) is 2.61. The van der Waals surface area contributed by atoms with E-state index >= 15 is 0 Å². The maximum absolute atomic E-state index is 13.3. The third-order valence-electron chi connectivity index (χ3n) is 3.66. The van der Waals surface area contributed by atoms with Crippen molar-refractivity contribution in [3.8, 4) is 5.75 Å². The van der Waals surface area contributed by atoms with Crippen LogP contribution >= 0.6 is 0 Å². The molecule has 1 aliphatic heterocycles. The molecule has 0 aromatic heterocycles. The zero-order valence-corrected chi connectivity index (χ0v) is 11.2. The predicted octanol–water partition coefficient (Wildman–Crippen LogP) is 3.48. The largest absolute Gasteiger partial charge is 0.493 e. The summed E-state index contributed by atoms with van der Waals surface area (Å²) < 4.78 is 45.1. The molecule has 0 radical (unpaired) electrons. The van der Waals surface area contributed by atoms with Crippen LogP contribution in [0.4, 0.5) is 13.2 Å². The van der Waals surface area contributed by atoms with Gasteiger partial charge in [-0.2, -0.15) is 0 Å². The van der Waals surface area contributed by atoms with E-state index in [1.165, 1.54) is 0 Å². The molecule has 0 amide bonds. The van der Waals surface area contributed by atoms with Crippen LogP contribution in [-0.4, -0.2) is 6.61 Å². The summed E-state index contributed by atoms with van der Waals surface area (Å²) in [5.41, 5.74) is 7.98. The standard InChI is InChI=1S/C16H14F3NO/c17-12-7-11(8-13(18)15(12)19)16(20)10-3-4-14-9(6-10)2-1-5-21-14/h3-4,6-8,16H,1-2,5,20H2. The van der Waals surface area contributed by atoms with Gasteiger partial charge >= 0.3 is 0 Å². The average molecular weight is 293 g/mol. The molecule has 21 heavy (non-hydrogen) atoms. The highest BCUT2D eigenvalue weighted by atomic mass is 19.2. The molecule has 3 rings (SSSR count). The van der Waals surface area contributed by atoms with Gasteiger partial charge in [0.25, 0.3) is 0 Å². The Morgan fingerprint density at radius 3 is 2.43 bits per heavy atom. The summed E-state index contributed by atoms with van der Waals surface area (Å²) in [6.45, 7) is 0.687. The van der Waals surface area contributed by atoms with Gasteiger partial charge in [0.05, 0.1) is 12.6 Å². The first-order chi connectivity index (χ1) is 10.1. The van der Waals surface area contributed by atoms with Gasteiger partial charge in [0, 0.05) is 0 Å².